The SMILES string of the molecule is Cn1c(CNS(=O)(=O)c2cccc(Cl)c2)cc(-c2ccc(Cl)cc2Cl)c1-c1ccc(Cl)cc1. The molecule has 4 aromatic rings. The van der Waals surface area contributed by atoms with E-state index >= 15 is 0 Å². The molecule has 0 aliphatic heterocycles. The summed E-state index contributed by atoms with van der Waals surface area (Å²) in [7, 11) is -1.88. The first-order chi connectivity index (χ1) is 15.7. The summed E-state index contributed by atoms with van der Waals surface area (Å²) < 4.78 is 30.2. The molecule has 0 spiro atoms. The highest BCUT2D eigenvalue weighted by molar-refractivity contribution is 7.89. The third kappa shape index (κ3) is 5.24. The van der Waals surface area contributed by atoms with Crippen LogP contribution in [0.1, 0.15) is 5.69 Å². The van der Waals surface area contributed by atoms with E-state index < -0.39 is 10.0 Å². The third-order valence-electron chi connectivity index (χ3n) is 5.22. The molecule has 0 amide bonds. The maximum Gasteiger partial charge on any atom is 0.240 e. The minimum absolute atomic E-state index is 0.0666. The van der Waals surface area contributed by atoms with Gasteiger partial charge in [0.15, 0.2) is 0 Å². The summed E-state index contributed by atoms with van der Waals surface area (Å²) >= 11 is 24.7. The van der Waals surface area contributed by atoms with Gasteiger partial charge in [-0.3, -0.25) is 0 Å². The van der Waals surface area contributed by atoms with Crippen LogP contribution in [-0.4, -0.2) is 13.0 Å². The molecule has 4 nitrogen and oxygen atoms in total. The number of halogens is 4. The van der Waals surface area contributed by atoms with Crippen molar-refractivity contribution < 1.29 is 8.42 Å². The van der Waals surface area contributed by atoms with Gasteiger partial charge in [-0.1, -0.05) is 70.7 Å². The molecular formula is C24H18Cl4N2O2S. The van der Waals surface area contributed by atoms with Gasteiger partial charge < -0.3 is 4.57 Å². The zero-order chi connectivity index (χ0) is 23.8. The van der Waals surface area contributed by atoms with Gasteiger partial charge >= 0.3 is 0 Å². The summed E-state index contributed by atoms with van der Waals surface area (Å²) in [4.78, 5) is 0.100. The monoisotopic (exact) mass is 538 g/mol. The maximum atomic E-state index is 12.8. The van der Waals surface area contributed by atoms with Gasteiger partial charge in [0.05, 0.1) is 17.1 Å². The van der Waals surface area contributed by atoms with E-state index in [1.165, 1.54) is 12.1 Å². The summed E-state index contributed by atoms with van der Waals surface area (Å²) in [6.45, 7) is 0.0666. The normalized spacial score (nSPS) is 11.7. The quantitative estimate of drug-likeness (QED) is 0.276. The molecule has 0 unspecified atom stereocenters. The van der Waals surface area contributed by atoms with Crippen LogP contribution in [0.4, 0.5) is 0 Å². The molecule has 1 heterocycles. The van der Waals surface area contributed by atoms with Gasteiger partial charge in [0.1, 0.15) is 0 Å². The Morgan fingerprint density at radius 3 is 2.12 bits per heavy atom. The smallest absolute Gasteiger partial charge is 0.240 e. The van der Waals surface area contributed by atoms with E-state index in [4.69, 9.17) is 46.4 Å². The van der Waals surface area contributed by atoms with Gasteiger partial charge in [-0.2, -0.15) is 0 Å². The second kappa shape index (κ2) is 9.71. The first kappa shape index (κ1) is 24.1. The molecule has 0 fully saturated rings. The van der Waals surface area contributed by atoms with Crippen molar-refractivity contribution in [1.29, 1.82) is 0 Å². The first-order valence-electron chi connectivity index (χ1n) is 9.81. The Kier molecular flexibility index (Phi) is 7.10. The summed E-state index contributed by atoms with van der Waals surface area (Å²) in [6, 6.07) is 20.8. The van der Waals surface area contributed by atoms with Crippen molar-refractivity contribution in [3.63, 3.8) is 0 Å². The third-order valence-corrected chi connectivity index (χ3v) is 7.65. The predicted molar refractivity (Wildman–Crippen MR) is 137 cm³/mol. The van der Waals surface area contributed by atoms with Crippen LogP contribution in [0.25, 0.3) is 22.4 Å². The van der Waals surface area contributed by atoms with Crippen LogP contribution in [-0.2, 0) is 23.6 Å². The van der Waals surface area contributed by atoms with Gasteiger partial charge in [-0.15, -0.1) is 0 Å². The van der Waals surface area contributed by atoms with Crippen molar-refractivity contribution in [2.75, 3.05) is 0 Å². The minimum atomic E-state index is -3.76. The van der Waals surface area contributed by atoms with E-state index in [9.17, 15) is 8.42 Å². The summed E-state index contributed by atoms with van der Waals surface area (Å²) in [5.74, 6) is 0. The topological polar surface area (TPSA) is 51.1 Å². The molecule has 0 radical (unpaired) electrons. The fourth-order valence-corrected chi connectivity index (χ4v) is 5.52. The fourth-order valence-electron chi connectivity index (χ4n) is 3.58. The molecule has 0 aliphatic rings. The fraction of sp³-hybridized carbons (Fsp3) is 0.0833. The lowest BCUT2D eigenvalue weighted by Gasteiger charge is -2.12. The van der Waals surface area contributed by atoms with E-state index in [1.807, 2.05) is 35.9 Å². The molecule has 170 valence electrons. The molecule has 3 aromatic carbocycles. The zero-order valence-electron chi connectivity index (χ0n) is 17.3. The van der Waals surface area contributed by atoms with Crippen molar-refractivity contribution >= 4 is 56.4 Å². The summed E-state index contributed by atoms with van der Waals surface area (Å²) in [5.41, 5.74) is 4.15. The number of nitrogens with zero attached hydrogens (tertiary/aromatic N) is 1. The number of hydrogen-bond acceptors (Lipinski definition) is 2. The van der Waals surface area contributed by atoms with Crippen LogP contribution in [0.15, 0.2) is 77.7 Å². The van der Waals surface area contributed by atoms with Crippen LogP contribution in [0.2, 0.25) is 20.1 Å². The van der Waals surface area contributed by atoms with Crippen molar-refractivity contribution in [2.24, 2.45) is 7.05 Å². The second-order valence-electron chi connectivity index (χ2n) is 7.37. The lowest BCUT2D eigenvalue weighted by atomic mass is 10.0. The molecule has 0 bridgehead atoms. The van der Waals surface area contributed by atoms with Gasteiger partial charge in [0.25, 0.3) is 0 Å². The van der Waals surface area contributed by atoms with E-state index in [0.29, 0.717) is 20.1 Å². The van der Waals surface area contributed by atoms with Gasteiger partial charge in [0, 0.05) is 44.0 Å². The Morgan fingerprint density at radius 1 is 0.788 bits per heavy atom. The van der Waals surface area contributed by atoms with Crippen LogP contribution < -0.4 is 4.72 Å². The summed E-state index contributed by atoms with van der Waals surface area (Å²) in [5, 5.41) is 1.99. The number of rotatable bonds is 6. The number of aromatic nitrogens is 1. The average Bonchev–Trinajstić information content (AvgIpc) is 3.09. The molecule has 0 atom stereocenters. The highest BCUT2D eigenvalue weighted by Crippen LogP contribution is 2.39. The number of benzene rings is 3. The minimum Gasteiger partial charge on any atom is -0.346 e. The first-order valence-corrected chi connectivity index (χ1v) is 12.8. The van der Waals surface area contributed by atoms with E-state index in [2.05, 4.69) is 4.72 Å². The van der Waals surface area contributed by atoms with Crippen molar-refractivity contribution in [2.45, 2.75) is 11.4 Å². The Balaban J connectivity index is 1.77. The molecule has 0 saturated carbocycles. The van der Waals surface area contributed by atoms with Gasteiger partial charge in [-0.05, 0) is 54.1 Å². The van der Waals surface area contributed by atoms with Gasteiger partial charge in [-0.25, -0.2) is 13.1 Å². The van der Waals surface area contributed by atoms with Crippen LogP contribution >= 0.6 is 46.4 Å². The standard InChI is InChI=1S/C24H18Cl4N2O2S/c1-30-19(14-29-33(31,32)20-4-2-3-17(26)11-20)13-22(21-10-9-18(27)12-23(21)28)24(30)15-5-7-16(25)8-6-15/h2-13,29H,14H2,1H3. The average molecular weight is 540 g/mol. The highest BCUT2D eigenvalue weighted by atomic mass is 35.5. The largest absolute Gasteiger partial charge is 0.346 e. The van der Waals surface area contributed by atoms with Crippen molar-refractivity contribution in [3.8, 4) is 22.4 Å². The zero-order valence-corrected chi connectivity index (χ0v) is 21.2. The van der Waals surface area contributed by atoms with E-state index in [0.717, 1.165) is 28.1 Å². The predicted octanol–water partition coefficient (Wildman–Crippen LogP) is 7.45. The van der Waals surface area contributed by atoms with E-state index in [1.54, 1.807) is 36.4 Å². The molecule has 1 N–H and O–H groups in total. The Labute approximate surface area is 212 Å². The van der Waals surface area contributed by atoms with Crippen LogP contribution in [0.5, 0.6) is 0 Å². The number of hydrogen-bond donors (Lipinski definition) is 1. The molecule has 4 rings (SSSR count). The lowest BCUT2D eigenvalue weighted by molar-refractivity contribution is 0.579. The second-order valence-corrected chi connectivity index (χ2v) is 10.9. The van der Waals surface area contributed by atoms with Crippen LogP contribution in [0, 0.1) is 0 Å². The molecular weight excluding hydrogens is 522 g/mol. The molecule has 0 aliphatic carbocycles. The summed E-state index contributed by atoms with van der Waals surface area (Å²) in [6.07, 6.45) is 0. The molecule has 1 aromatic heterocycles. The van der Waals surface area contributed by atoms with Crippen molar-refractivity contribution in [3.05, 3.63) is 98.6 Å². The Hall–Kier alpha value is -1.99. The number of sulfonamides is 1. The Morgan fingerprint density at radius 2 is 1.45 bits per heavy atom. The van der Waals surface area contributed by atoms with E-state index in [-0.39, 0.29) is 11.4 Å². The van der Waals surface area contributed by atoms with Crippen molar-refractivity contribution in [1.82, 2.24) is 9.29 Å². The molecule has 9 heteroatoms. The van der Waals surface area contributed by atoms with Crippen LogP contribution in [0.3, 0.4) is 0 Å². The Bertz CT molecular complexity index is 1430. The van der Waals surface area contributed by atoms with Gasteiger partial charge in [0.2, 0.25) is 10.0 Å². The highest BCUT2D eigenvalue weighted by Gasteiger charge is 2.20. The lowest BCUT2D eigenvalue weighted by Crippen LogP contribution is -2.24. The molecule has 0 saturated heterocycles. The molecule has 33 heavy (non-hydrogen) atoms. The maximum absolute atomic E-state index is 12.8. The number of nitrogens with one attached hydrogen (secondary N) is 1.